The molecule has 0 radical (unpaired) electrons. The Hall–Kier alpha value is -0.0800. The lowest BCUT2D eigenvalue weighted by atomic mass is 9.98. The van der Waals surface area contributed by atoms with Crippen molar-refractivity contribution in [2.45, 2.75) is 72.2 Å². The smallest absolute Gasteiger partial charge is 0.158 e. The maximum absolute atomic E-state index is 6.03. The third-order valence-corrected chi connectivity index (χ3v) is 3.23. The molecule has 2 unspecified atom stereocenters. The first-order valence-corrected chi connectivity index (χ1v) is 6.86. The highest BCUT2D eigenvalue weighted by Gasteiger charge is 2.22. The van der Waals surface area contributed by atoms with Crippen molar-refractivity contribution in [3.8, 4) is 0 Å². The van der Waals surface area contributed by atoms with Crippen LogP contribution in [0.25, 0.3) is 0 Å². The van der Waals surface area contributed by atoms with Crippen LogP contribution in [0.1, 0.15) is 59.8 Å². The standard InChI is InChI=1S/C14H28O2/c1-11(2)7-5-8-13(12(3)4)16-14-9-6-10-15-14/h11-14H,5-10H2,1-4H3. The highest BCUT2D eigenvalue weighted by Crippen LogP contribution is 2.22. The zero-order valence-corrected chi connectivity index (χ0v) is 11.4. The molecule has 0 saturated carbocycles. The molecule has 1 heterocycles. The molecule has 2 nitrogen and oxygen atoms in total. The van der Waals surface area contributed by atoms with E-state index < -0.39 is 0 Å². The van der Waals surface area contributed by atoms with Gasteiger partial charge in [-0.1, -0.05) is 40.5 Å². The van der Waals surface area contributed by atoms with Gasteiger partial charge >= 0.3 is 0 Å². The lowest BCUT2D eigenvalue weighted by molar-refractivity contribution is -0.157. The summed E-state index contributed by atoms with van der Waals surface area (Å²) in [6, 6.07) is 0. The molecule has 1 aliphatic heterocycles. The summed E-state index contributed by atoms with van der Waals surface area (Å²) in [5, 5.41) is 0. The summed E-state index contributed by atoms with van der Waals surface area (Å²) in [5.41, 5.74) is 0. The maximum atomic E-state index is 6.03. The van der Waals surface area contributed by atoms with Crippen LogP contribution >= 0.6 is 0 Å². The van der Waals surface area contributed by atoms with Crippen LogP contribution in [-0.4, -0.2) is 19.0 Å². The Kier molecular flexibility index (Phi) is 6.37. The second-order valence-electron chi connectivity index (χ2n) is 5.69. The van der Waals surface area contributed by atoms with Crippen LogP contribution in [-0.2, 0) is 9.47 Å². The van der Waals surface area contributed by atoms with Gasteiger partial charge in [-0.15, -0.1) is 0 Å². The van der Waals surface area contributed by atoms with E-state index in [0.29, 0.717) is 12.0 Å². The minimum atomic E-state index is 0.0754. The molecule has 16 heavy (non-hydrogen) atoms. The van der Waals surface area contributed by atoms with Gasteiger partial charge in [0.05, 0.1) is 6.10 Å². The van der Waals surface area contributed by atoms with Crippen LogP contribution in [0.15, 0.2) is 0 Å². The third kappa shape index (κ3) is 5.31. The zero-order chi connectivity index (χ0) is 12.0. The number of hydrogen-bond donors (Lipinski definition) is 0. The molecule has 96 valence electrons. The quantitative estimate of drug-likeness (QED) is 0.656. The fourth-order valence-corrected chi connectivity index (χ4v) is 2.14. The van der Waals surface area contributed by atoms with E-state index >= 15 is 0 Å². The molecular formula is C14H28O2. The van der Waals surface area contributed by atoms with Crippen LogP contribution in [0.4, 0.5) is 0 Å². The van der Waals surface area contributed by atoms with Crippen molar-refractivity contribution in [2.24, 2.45) is 11.8 Å². The van der Waals surface area contributed by atoms with Crippen LogP contribution in [0.3, 0.4) is 0 Å². The van der Waals surface area contributed by atoms with E-state index in [1.165, 1.54) is 19.3 Å². The van der Waals surface area contributed by atoms with E-state index in [1.54, 1.807) is 0 Å². The topological polar surface area (TPSA) is 18.5 Å². The Labute approximate surface area is 101 Å². The van der Waals surface area contributed by atoms with Gasteiger partial charge in [0.25, 0.3) is 0 Å². The molecule has 1 saturated heterocycles. The lowest BCUT2D eigenvalue weighted by Gasteiger charge is -2.25. The monoisotopic (exact) mass is 228 g/mol. The first kappa shape index (κ1) is 14.0. The SMILES string of the molecule is CC(C)CCCC(OC1CCCO1)C(C)C. The molecule has 0 amide bonds. The van der Waals surface area contributed by atoms with Crippen LogP contribution < -0.4 is 0 Å². The van der Waals surface area contributed by atoms with Gasteiger partial charge in [-0.2, -0.15) is 0 Å². The Bertz CT molecular complexity index is 172. The van der Waals surface area contributed by atoms with Gasteiger partial charge in [0.15, 0.2) is 6.29 Å². The normalized spacial score (nSPS) is 23.2. The number of hydrogen-bond acceptors (Lipinski definition) is 2. The van der Waals surface area contributed by atoms with Crippen LogP contribution in [0.2, 0.25) is 0 Å². The summed E-state index contributed by atoms with van der Waals surface area (Å²) in [5.74, 6) is 1.40. The lowest BCUT2D eigenvalue weighted by Crippen LogP contribution is -2.26. The van der Waals surface area contributed by atoms with Gasteiger partial charge in [0, 0.05) is 13.0 Å². The molecule has 1 rings (SSSR count). The molecule has 1 aliphatic rings. The summed E-state index contributed by atoms with van der Waals surface area (Å²) >= 11 is 0. The van der Waals surface area contributed by atoms with Crippen molar-refractivity contribution in [1.82, 2.24) is 0 Å². The second kappa shape index (κ2) is 7.29. The molecule has 0 bridgehead atoms. The van der Waals surface area contributed by atoms with Gasteiger partial charge in [0.2, 0.25) is 0 Å². The second-order valence-corrected chi connectivity index (χ2v) is 5.69. The van der Waals surface area contributed by atoms with Gasteiger partial charge in [0.1, 0.15) is 0 Å². The van der Waals surface area contributed by atoms with Gasteiger partial charge in [-0.05, 0) is 24.7 Å². The Balaban J connectivity index is 2.23. The van der Waals surface area contributed by atoms with Crippen molar-refractivity contribution in [3.63, 3.8) is 0 Å². The summed E-state index contributed by atoms with van der Waals surface area (Å²) in [6.45, 7) is 9.93. The molecule has 0 N–H and O–H groups in total. The number of ether oxygens (including phenoxy) is 2. The Morgan fingerprint density at radius 3 is 2.44 bits per heavy atom. The average Bonchev–Trinajstić information content (AvgIpc) is 2.68. The molecular weight excluding hydrogens is 200 g/mol. The summed E-state index contributed by atoms with van der Waals surface area (Å²) in [7, 11) is 0. The highest BCUT2D eigenvalue weighted by atomic mass is 16.7. The van der Waals surface area contributed by atoms with Crippen molar-refractivity contribution >= 4 is 0 Å². The van der Waals surface area contributed by atoms with Crippen LogP contribution in [0, 0.1) is 11.8 Å². The predicted molar refractivity (Wildman–Crippen MR) is 67.4 cm³/mol. The highest BCUT2D eigenvalue weighted by molar-refractivity contribution is 4.66. The Morgan fingerprint density at radius 1 is 1.19 bits per heavy atom. The number of rotatable bonds is 7. The summed E-state index contributed by atoms with van der Waals surface area (Å²) in [6.07, 6.45) is 6.43. The molecule has 0 aromatic heterocycles. The summed E-state index contributed by atoms with van der Waals surface area (Å²) in [4.78, 5) is 0. The minimum Gasteiger partial charge on any atom is -0.353 e. The first-order valence-electron chi connectivity index (χ1n) is 6.86. The van der Waals surface area contributed by atoms with Gasteiger partial charge in [-0.3, -0.25) is 0 Å². The van der Waals surface area contributed by atoms with E-state index in [4.69, 9.17) is 9.47 Å². The first-order chi connectivity index (χ1) is 7.59. The molecule has 1 fully saturated rings. The zero-order valence-electron chi connectivity index (χ0n) is 11.4. The van der Waals surface area contributed by atoms with E-state index in [2.05, 4.69) is 27.7 Å². The maximum Gasteiger partial charge on any atom is 0.158 e. The fraction of sp³-hybridized carbons (Fsp3) is 1.00. The molecule has 0 aliphatic carbocycles. The van der Waals surface area contributed by atoms with Crippen LogP contribution in [0.5, 0.6) is 0 Å². The van der Waals surface area contributed by atoms with E-state index in [0.717, 1.165) is 25.4 Å². The van der Waals surface area contributed by atoms with E-state index in [9.17, 15) is 0 Å². The third-order valence-electron chi connectivity index (χ3n) is 3.23. The fourth-order valence-electron chi connectivity index (χ4n) is 2.14. The van der Waals surface area contributed by atoms with Crippen molar-refractivity contribution in [1.29, 1.82) is 0 Å². The minimum absolute atomic E-state index is 0.0754. The average molecular weight is 228 g/mol. The van der Waals surface area contributed by atoms with Gasteiger partial charge in [-0.25, -0.2) is 0 Å². The largest absolute Gasteiger partial charge is 0.353 e. The molecule has 0 spiro atoms. The van der Waals surface area contributed by atoms with Crippen molar-refractivity contribution in [3.05, 3.63) is 0 Å². The molecule has 0 aromatic rings. The van der Waals surface area contributed by atoms with Gasteiger partial charge < -0.3 is 9.47 Å². The Morgan fingerprint density at radius 2 is 1.94 bits per heavy atom. The molecule has 2 heteroatoms. The summed E-state index contributed by atoms with van der Waals surface area (Å²) < 4.78 is 11.6. The van der Waals surface area contributed by atoms with Crippen molar-refractivity contribution < 1.29 is 9.47 Å². The van der Waals surface area contributed by atoms with Crippen molar-refractivity contribution in [2.75, 3.05) is 6.61 Å². The molecule has 0 aromatic carbocycles. The van der Waals surface area contributed by atoms with E-state index in [1.807, 2.05) is 0 Å². The molecule has 2 atom stereocenters. The van der Waals surface area contributed by atoms with E-state index in [-0.39, 0.29) is 6.29 Å². The predicted octanol–water partition coefficient (Wildman–Crippen LogP) is 3.99.